The molecule has 3 nitrogen and oxygen atoms in total. The third-order valence-corrected chi connectivity index (χ3v) is 4.74. The summed E-state index contributed by atoms with van der Waals surface area (Å²) in [6.07, 6.45) is 3.13. The Bertz CT molecular complexity index is 472. The number of halogens is 1. The predicted octanol–water partition coefficient (Wildman–Crippen LogP) is 3.53. The van der Waals surface area contributed by atoms with E-state index in [9.17, 15) is 4.79 Å². The summed E-state index contributed by atoms with van der Waals surface area (Å²) in [6.45, 7) is 4.84. The molecule has 3 atom stereocenters. The van der Waals surface area contributed by atoms with Crippen LogP contribution in [-0.4, -0.2) is 12.5 Å². The van der Waals surface area contributed by atoms with Crippen molar-refractivity contribution >= 4 is 17.5 Å². The molecule has 0 heterocycles. The van der Waals surface area contributed by atoms with E-state index in [0.29, 0.717) is 23.4 Å². The largest absolute Gasteiger partial charge is 0.349 e. The molecule has 2 rings (SSSR count). The smallest absolute Gasteiger partial charge is 0.223 e. The van der Waals surface area contributed by atoms with Crippen LogP contribution in [-0.2, 0) is 4.79 Å². The van der Waals surface area contributed by atoms with E-state index in [1.54, 1.807) is 0 Å². The zero-order chi connectivity index (χ0) is 15.4. The SMILES string of the molecule is CC(C)C(NC(=O)C1CCCC1CN)c1ccc(Cl)cc1. The van der Waals surface area contributed by atoms with Gasteiger partial charge in [-0.3, -0.25) is 4.79 Å². The van der Waals surface area contributed by atoms with Crippen LogP contribution in [0.25, 0.3) is 0 Å². The molecule has 21 heavy (non-hydrogen) atoms. The lowest BCUT2D eigenvalue weighted by Gasteiger charge is -2.26. The Labute approximate surface area is 132 Å². The number of nitrogens with one attached hydrogen (secondary N) is 1. The lowest BCUT2D eigenvalue weighted by Crippen LogP contribution is -2.39. The van der Waals surface area contributed by atoms with E-state index in [2.05, 4.69) is 19.2 Å². The Kier molecular flexibility index (Phi) is 5.65. The van der Waals surface area contributed by atoms with E-state index in [4.69, 9.17) is 17.3 Å². The first-order valence-corrected chi connectivity index (χ1v) is 8.16. The molecule has 3 N–H and O–H groups in total. The number of amides is 1. The number of carbonyl (C=O) groups is 1. The molecule has 0 saturated heterocycles. The average Bonchev–Trinajstić information content (AvgIpc) is 2.94. The predicted molar refractivity (Wildman–Crippen MR) is 87.1 cm³/mol. The van der Waals surface area contributed by atoms with Crippen LogP contribution in [0.5, 0.6) is 0 Å². The van der Waals surface area contributed by atoms with Crippen molar-refractivity contribution in [2.45, 2.75) is 39.2 Å². The fraction of sp³-hybridized carbons (Fsp3) is 0.588. The molecule has 1 aliphatic rings. The van der Waals surface area contributed by atoms with Gasteiger partial charge in [0.25, 0.3) is 0 Å². The zero-order valence-corrected chi connectivity index (χ0v) is 13.6. The Morgan fingerprint density at radius 2 is 2.00 bits per heavy atom. The molecular weight excluding hydrogens is 284 g/mol. The molecule has 0 radical (unpaired) electrons. The Morgan fingerprint density at radius 3 is 2.57 bits per heavy atom. The van der Waals surface area contributed by atoms with Crippen LogP contribution >= 0.6 is 11.6 Å². The maximum Gasteiger partial charge on any atom is 0.223 e. The van der Waals surface area contributed by atoms with Crippen molar-refractivity contribution in [1.82, 2.24) is 5.32 Å². The highest BCUT2D eigenvalue weighted by Gasteiger charge is 2.33. The molecule has 116 valence electrons. The molecule has 1 aliphatic carbocycles. The number of nitrogens with two attached hydrogens (primary N) is 1. The molecular formula is C17H25ClN2O. The first-order valence-electron chi connectivity index (χ1n) is 7.78. The molecule has 0 bridgehead atoms. The van der Waals surface area contributed by atoms with Crippen LogP contribution in [0.1, 0.15) is 44.7 Å². The summed E-state index contributed by atoms with van der Waals surface area (Å²) in [5.41, 5.74) is 6.89. The van der Waals surface area contributed by atoms with Gasteiger partial charge >= 0.3 is 0 Å². The Hall–Kier alpha value is -1.06. The summed E-state index contributed by atoms with van der Waals surface area (Å²) in [7, 11) is 0. The summed E-state index contributed by atoms with van der Waals surface area (Å²) in [5.74, 6) is 0.885. The van der Waals surface area contributed by atoms with E-state index in [-0.39, 0.29) is 17.9 Å². The van der Waals surface area contributed by atoms with Crippen molar-refractivity contribution in [2.75, 3.05) is 6.54 Å². The average molecular weight is 309 g/mol. The minimum atomic E-state index is 0.0220. The van der Waals surface area contributed by atoms with E-state index in [1.165, 1.54) is 0 Å². The quantitative estimate of drug-likeness (QED) is 0.874. The first kappa shape index (κ1) is 16.3. The van der Waals surface area contributed by atoms with Crippen LogP contribution in [0.15, 0.2) is 24.3 Å². The third kappa shape index (κ3) is 3.98. The monoisotopic (exact) mass is 308 g/mol. The van der Waals surface area contributed by atoms with Crippen molar-refractivity contribution in [3.63, 3.8) is 0 Å². The standard InChI is InChI=1S/C17H25ClN2O/c1-11(2)16(12-6-8-14(18)9-7-12)20-17(21)15-5-3-4-13(15)10-19/h6-9,11,13,15-16H,3-5,10,19H2,1-2H3,(H,20,21). The van der Waals surface area contributed by atoms with E-state index >= 15 is 0 Å². The summed E-state index contributed by atoms with van der Waals surface area (Å²) < 4.78 is 0. The molecule has 1 aromatic carbocycles. The van der Waals surface area contributed by atoms with Gasteiger partial charge in [-0.1, -0.05) is 44.0 Å². The third-order valence-electron chi connectivity index (χ3n) is 4.49. The molecule has 1 saturated carbocycles. The lowest BCUT2D eigenvalue weighted by molar-refractivity contribution is -0.127. The zero-order valence-electron chi connectivity index (χ0n) is 12.8. The molecule has 1 fully saturated rings. The topological polar surface area (TPSA) is 55.1 Å². The minimum absolute atomic E-state index is 0.0220. The van der Waals surface area contributed by atoms with E-state index in [1.807, 2.05) is 24.3 Å². The minimum Gasteiger partial charge on any atom is -0.349 e. The highest BCUT2D eigenvalue weighted by atomic mass is 35.5. The van der Waals surface area contributed by atoms with Crippen LogP contribution < -0.4 is 11.1 Å². The van der Waals surface area contributed by atoms with Gasteiger partial charge in [0.05, 0.1) is 6.04 Å². The molecule has 3 unspecified atom stereocenters. The van der Waals surface area contributed by atoms with Crippen molar-refractivity contribution in [1.29, 1.82) is 0 Å². The van der Waals surface area contributed by atoms with Crippen molar-refractivity contribution in [3.05, 3.63) is 34.9 Å². The van der Waals surface area contributed by atoms with Crippen molar-refractivity contribution in [2.24, 2.45) is 23.5 Å². The van der Waals surface area contributed by atoms with Gasteiger partial charge in [-0.2, -0.15) is 0 Å². The molecule has 4 heteroatoms. The van der Waals surface area contributed by atoms with E-state index in [0.717, 1.165) is 24.8 Å². The van der Waals surface area contributed by atoms with Crippen LogP contribution in [0.4, 0.5) is 0 Å². The molecule has 0 spiro atoms. The van der Waals surface area contributed by atoms with Gasteiger partial charge in [0.2, 0.25) is 5.91 Å². The van der Waals surface area contributed by atoms with E-state index < -0.39 is 0 Å². The summed E-state index contributed by atoms with van der Waals surface area (Å²) in [6, 6.07) is 7.74. The van der Waals surface area contributed by atoms with Crippen molar-refractivity contribution < 1.29 is 4.79 Å². The number of hydrogen-bond acceptors (Lipinski definition) is 2. The van der Waals surface area contributed by atoms with Gasteiger partial charge in [-0.05, 0) is 48.9 Å². The summed E-state index contributed by atoms with van der Waals surface area (Å²) in [4.78, 5) is 12.6. The van der Waals surface area contributed by atoms with Gasteiger partial charge in [0.15, 0.2) is 0 Å². The lowest BCUT2D eigenvalue weighted by atomic mass is 9.92. The molecule has 0 aromatic heterocycles. The second-order valence-corrected chi connectivity index (χ2v) is 6.75. The summed E-state index contributed by atoms with van der Waals surface area (Å²) >= 11 is 5.94. The van der Waals surface area contributed by atoms with Gasteiger partial charge in [-0.25, -0.2) is 0 Å². The van der Waals surface area contributed by atoms with Gasteiger partial charge < -0.3 is 11.1 Å². The van der Waals surface area contributed by atoms with Crippen LogP contribution in [0.3, 0.4) is 0 Å². The van der Waals surface area contributed by atoms with Gasteiger partial charge in [0, 0.05) is 10.9 Å². The highest BCUT2D eigenvalue weighted by molar-refractivity contribution is 6.30. The highest BCUT2D eigenvalue weighted by Crippen LogP contribution is 2.32. The second-order valence-electron chi connectivity index (χ2n) is 6.32. The molecule has 1 aromatic rings. The summed E-state index contributed by atoms with van der Waals surface area (Å²) in [5, 5.41) is 3.94. The van der Waals surface area contributed by atoms with Gasteiger partial charge in [0.1, 0.15) is 0 Å². The number of benzene rings is 1. The normalized spacial score (nSPS) is 23.3. The number of rotatable bonds is 5. The van der Waals surface area contributed by atoms with Crippen LogP contribution in [0.2, 0.25) is 5.02 Å². The first-order chi connectivity index (χ1) is 10.0. The fourth-order valence-electron chi connectivity index (χ4n) is 3.23. The maximum absolute atomic E-state index is 12.6. The Morgan fingerprint density at radius 1 is 1.33 bits per heavy atom. The van der Waals surface area contributed by atoms with Crippen LogP contribution in [0, 0.1) is 17.8 Å². The van der Waals surface area contributed by atoms with Gasteiger partial charge in [-0.15, -0.1) is 0 Å². The Balaban J connectivity index is 2.09. The maximum atomic E-state index is 12.6. The number of carbonyl (C=O) groups excluding carboxylic acids is 1. The number of hydrogen-bond donors (Lipinski definition) is 2. The van der Waals surface area contributed by atoms with Crippen molar-refractivity contribution in [3.8, 4) is 0 Å². The molecule has 1 amide bonds. The molecule has 0 aliphatic heterocycles. The second kappa shape index (κ2) is 7.28. The fourth-order valence-corrected chi connectivity index (χ4v) is 3.36.